The van der Waals surface area contributed by atoms with E-state index in [2.05, 4.69) is 5.32 Å². The molecule has 1 N–H and O–H groups in total. The highest BCUT2D eigenvalue weighted by atomic mass is 35.5. The molecule has 0 atom stereocenters. The van der Waals surface area contributed by atoms with E-state index in [0.29, 0.717) is 16.6 Å². The zero-order valence-corrected chi connectivity index (χ0v) is 12.6. The number of hydrogen-bond acceptors (Lipinski definition) is 2. The van der Waals surface area contributed by atoms with Gasteiger partial charge in [0.25, 0.3) is 0 Å². The van der Waals surface area contributed by atoms with E-state index in [1.54, 1.807) is 13.2 Å². The fraction of sp³-hybridized carbons (Fsp3) is 0.143. The van der Waals surface area contributed by atoms with Crippen LogP contribution < -0.4 is 10.1 Å². The molecule has 19 heavy (non-hydrogen) atoms. The van der Waals surface area contributed by atoms with Crippen LogP contribution in [0.2, 0.25) is 10.0 Å². The second-order valence-corrected chi connectivity index (χ2v) is 4.70. The molecule has 2 aromatic rings. The third kappa shape index (κ3) is 4.50. The Bertz CT molecular complexity index is 526. The maximum absolute atomic E-state index is 5.94. The summed E-state index contributed by atoms with van der Waals surface area (Å²) in [5, 5.41) is 4.50. The number of para-hydroxylation sites is 1. The van der Waals surface area contributed by atoms with Crippen molar-refractivity contribution < 1.29 is 4.74 Å². The highest BCUT2D eigenvalue weighted by Gasteiger charge is 2.02. The van der Waals surface area contributed by atoms with Crippen LogP contribution in [0, 0.1) is 0 Å². The van der Waals surface area contributed by atoms with Gasteiger partial charge in [0, 0.05) is 27.8 Å². The average molecular weight is 319 g/mol. The van der Waals surface area contributed by atoms with Crippen molar-refractivity contribution in [2.75, 3.05) is 12.4 Å². The minimum Gasteiger partial charge on any atom is -0.496 e. The summed E-state index contributed by atoms with van der Waals surface area (Å²) in [6.45, 7) is 0.653. The van der Waals surface area contributed by atoms with Crippen molar-refractivity contribution in [1.29, 1.82) is 0 Å². The SMILES string of the molecule is COc1ccccc1CNc1cc(Cl)cc(Cl)c1.Cl. The quantitative estimate of drug-likeness (QED) is 0.853. The molecule has 0 bridgehead atoms. The molecular formula is C14H14Cl3NO. The molecule has 0 saturated heterocycles. The number of anilines is 1. The van der Waals surface area contributed by atoms with Crippen LogP contribution >= 0.6 is 35.6 Å². The molecule has 0 amide bonds. The third-order valence-corrected chi connectivity index (χ3v) is 2.97. The van der Waals surface area contributed by atoms with Crippen molar-refractivity contribution in [3.63, 3.8) is 0 Å². The van der Waals surface area contributed by atoms with Gasteiger partial charge < -0.3 is 10.1 Å². The van der Waals surface area contributed by atoms with Crippen molar-refractivity contribution in [2.45, 2.75) is 6.54 Å². The standard InChI is InChI=1S/C14H13Cl2NO.ClH/c1-18-14-5-3-2-4-10(14)9-17-13-7-11(15)6-12(16)8-13;/h2-8,17H,9H2,1H3;1H. The van der Waals surface area contributed by atoms with E-state index in [1.165, 1.54) is 0 Å². The number of methoxy groups -OCH3 is 1. The second-order valence-electron chi connectivity index (χ2n) is 3.82. The maximum atomic E-state index is 5.94. The predicted molar refractivity (Wildman–Crippen MR) is 84.0 cm³/mol. The zero-order chi connectivity index (χ0) is 13.0. The summed E-state index contributed by atoms with van der Waals surface area (Å²) in [7, 11) is 1.66. The van der Waals surface area contributed by atoms with Gasteiger partial charge in [-0.2, -0.15) is 0 Å². The number of nitrogens with one attached hydrogen (secondary N) is 1. The highest BCUT2D eigenvalue weighted by Crippen LogP contribution is 2.24. The summed E-state index contributed by atoms with van der Waals surface area (Å²) >= 11 is 11.9. The third-order valence-electron chi connectivity index (χ3n) is 2.54. The van der Waals surface area contributed by atoms with E-state index in [0.717, 1.165) is 17.0 Å². The molecule has 102 valence electrons. The smallest absolute Gasteiger partial charge is 0.123 e. The molecule has 2 nitrogen and oxygen atoms in total. The van der Waals surface area contributed by atoms with Gasteiger partial charge in [0.05, 0.1) is 7.11 Å². The number of halogens is 3. The number of benzene rings is 2. The summed E-state index contributed by atoms with van der Waals surface area (Å²) in [6.07, 6.45) is 0. The Morgan fingerprint density at radius 3 is 2.32 bits per heavy atom. The topological polar surface area (TPSA) is 21.3 Å². The van der Waals surface area contributed by atoms with Crippen molar-refractivity contribution in [2.24, 2.45) is 0 Å². The number of hydrogen-bond donors (Lipinski definition) is 1. The molecule has 5 heteroatoms. The van der Waals surface area contributed by atoms with Crippen LogP contribution in [0.5, 0.6) is 5.75 Å². The molecule has 0 fully saturated rings. The van der Waals surface area contributed by atoms with Crippen molar-refractivity contribution >= 4 is 41.3 Å². The molecule has 0 aromatic heterocycles. The Hall–Kier alpha value is -1.09. The lowest BCUT2D eigenvalue weighted by Gasteiger charge is -2.11. The maximum Gasteiger partial charge on any atom is 0.123 e. The molecule has 0 aliphatic rings. The van der Waals surface area contributed by atoms with Crippen LogP contribution in [0.4, 0.5) is 5.69 Å². The molecule has 0 spiro atoms. The molecular weight excluding hydrogens is 305 g/mol. The summed E-state index contributed by atoms with van der Waals surface area (Å²) in [4.78, 5) is 0. The van der Waals surface area contributed by atoms with Crippen LogP contribution in [0.1, 0.15) is 5.56 Å². The summed E-state index contributed by atoms with van der Waals surface area (Å²) in [5.74, 6) is 0.859. The molecule has 0 radical (unpaired) electrons. The van der Waals surface area contributed by atoms with E-state index >= 15 is 0 Å². The van der Waals surface area contributed by atoms with Gasteiger partial charge in [-0.1, -0.05) is 41.4 Å². The van der Waals surface area contributed by atoms with Crippen molar-refractivity contribution in [3.8, 4) is 5.75 Å². The van der Waals surface area contributed by atoms with E-state index < -0.39 is 0 Å². The van der Waals surface area contributed by atoms with Gasteiger partial charge in [-0.15, -0.1) is 12.4 Å². The van der Waals surface area contributed by atoms with Crippen molar-refractivity contribution in [3.05, 3.63) is 58.1 Å². The number of rotatable bonds is 4. The lowest BCUT2D eigenvalue weighted by Crippen LogP contribution is -2.01. The predicted octanol–water partition coefficient (Wildman–Crippen LogP) is 5.04. The average Bonchev–Trinajstić information content (AvgIpc) is 2.35. The lowest BCUT2D eigenvalue weighted by atomic mass is 10.2. The first-order chi connectivity index (χ1) is 8.69. The Morgan fingerprint density at radius 2 is 1.68 bits per heavy atom. The molecule has 0 aliphatic heterocycles. The zero-order valence-electron chi connectivity index (χ0n) is 10.3. The summed E-state index contributed by atoms with van der Waals surface area (Å²) < 4.78 is 5.29. The molecule has 0 unspecified atom stereocenters. The summed E-state index contributed by atoms with van der Waals surface area (Å²) in [5.41, 5.74) is 1.97. The van der Waals surface area contributed by atoms with E-state index in [9.17, 15) is 0 Å². The fourth-order valence-electron chi connectivity index (χ4n) is 1.70. The van der Waals surface area contributed by atoms with Gasteiger partial charge in [-0.05, 0) is 24.3 Å². The Morgan fingerprint density at radius 1 is 1.05 bits per heavy atom. The second kappa shape index (κ2) is 7.49. The first-order valence-corrected chi connectivity index (χ1v) is 6.26. The van der Waals surface area contributed by atoms with Crippen LogP contribution in [-0.4, -0.2) is 7.11 Å². The first kappa shape index (κ1) is 16.0. The van der Waals surface area contributed by atoms with E-state index in [-0.39, 0.29) is 12.4 Å². The normalized spacial score (nSPS) is 9.63. The first-order valence-electron chi connectivity index (χ1n) is 5.51. The van der Waals surface area contributed by atoms with Gasteiger partial charge in [0.2, 0.25) is 0 Å². The minimum absolute atomic E-state index is 0. The van der Waals surface area contributed by atoms with Gasteiger partial charge in [-0.3, -0.25) is 0 Å². The minimum atomic E-state index is 0. The molecule has 0 aliphatic carbocycles. The monoisotopic (exact) mass is 317 g/mol. The van der Waals surface area contributed by atoms with Crippen LogP contribution in [0.15, 0.2) is 42.5 Å². The van der Waals surface area contributed by atoms with Crippen molar-refractivity contribution in [1.82, 2.24) is 0 Å². The summed E-state index contributed by atoms with van der Waals surface area (Å²) in [6, 6.07) is 13.2. The molecule has 0 saturated carbocycles. The van der Waals surface area contributed by atoms with Crippen LogP contribution in [-0.2, 0) is 6.54 Å². The fourth-order valence-corrected chi connectivity index (χ4v) is 2.23. The van der Waals surface area contributed by atoms with Crippen LogP contribution in [0.3, 0.4) is 0 Å². The lowest BCUT2D eigenvalue weighted by molar-refractivity contribution is 0.410. The van der Waals surface area contributed by atoms with E-state index in [1.807, 2.05) is 36.4 Å². The largest absolute Gasteiger partial charge is 0.496 e. The Labute approximate surface area is 129 Å². The molecule has 2 aromatic carbocycles. The van der Waals surface area contributed by atoms with Crippen LogP contribution in [0.25, 0.3) is 0 Å². The van der Waals surface area contributed by atoms with Gasteiger partial charge >= 0.3 is 0 Å². The van der Waals surface area contributed by atoms with Gasteiger partial charge in [0.1, 0.15) is 5.75 Å². The van der Waals surface area contributed by atoms with Gasteiger partial charge in [-0.25, -0.2) is 0 Å². The molecule has 0 heterocycles. The Kier molecular flexibility index (Phi) is 6.29. The highest BCUT2D eigenvalue weighted by molar-refractivity contribution is 6.35. The molecule has 2 rings (SSSR count). The number of ether oxygens (including phenoxy) is 1. The van der Waals surface area contributed by atoms with Gasteiger partial charge in [0.15, 0.2) is 0 Å². The van der Waals surface area contributed by atoms with E-state index in [4.69, 9.17) is 27.9 Å². The Balaban J connectivity index is 0.00000180.